The highest BCUT2D eigenvalue weighted by atomic mass is 32.2. The molecule has 31 heavy (non-hydrogen) atoms. The van der Waals surface area contributed by atoms with Gasteiger partial charge in [-0.3, -0.25) is 0 Å². The molecule has 1 aromatic carbocycles. The van der Waals surface area contributed by atoms with Crippen molar-refractivity contribution in [2.24, 2.45) is 4.99 Å². The molecule has 8 nitrogen and oxygen atoms in total. The molecule has 1 fully saturated rings. The van der Waals surface area contributed by atoms with E-state index >= 15 is 0 Å². The summed E-state index contributed by atoms with van der Waals surface area (Å²) in [4.78, 5) is 11.5. The Balaban J connectivity index is 1.53. The third-order valence-corrected chi connectivity index (χ3v) is 6.35. The molecule has 2 N–H and O–H groups in total. The Morgan fingerprint density at radius 1 is 1.23 bits per heavy atom. The van der Waals surface area contributed by atoms with Crippen molar-refractivity contribution < 1.29 is 8.42 Å². The van der Waals surface area contributed by atoms with Crippen LogP contribution in [0.3, 0.4) is 0 Å². The van der Waals surface area contributed by atoms with E-state index in [1.165, 1.54) is 11.8 Å². The first-order valence-corrected chi connectivity index (χ1v) is 13.0. The minimum absolute atomic E-state index is 0.227. The topological polar surface area (TPSA) is 91.6 Å². The summed E-state index contributed by atoms with van der Waals surface area (Å²) >= 11 is 0. The van der Waals surface area contributed by atoms with Crippen LogP contribution >= 0.6 is 0 Å². The predicted octanol–water partition coefficient (Wildman–Crippen LogP) is 1.50. The van der Waals surface area contributed by atoms with Crippen LogP contribution in [0.4, 0.5) is 0 Å². The summed E-state index contributed by atoms with van der Waals surface area (Å²) in [6.07, 6.45) is 7.05. The van der Waals surface area contributed by atoms with Gasteiger partial charge in [0, 0.05) is 57.4 Å². The van der Waals surface area contributed by atoms with Crippen LogP contribution in [0.1, 0.15) is 31.2 Å². The van der Waals surface area contributed by atoms with Gasteiger partial charge in [0.05, 0.1) is 5.75 Å². The molecule has 0 spiro atoms. The lowest BCUT2D eigenvalue weighted by Gasteiger charge is -2.32. The first kappa shape index (κ1) is 23.3. The predicted molar refractivity (Wildman–Crippen MR) is 125 cm³/mol. The standard InChI is InChI=1S/C22H34N6O2S/c1-3-23-22(26-20-9-12-27(13-10-20)15-16-31(2,29)30)25-17-21-24-11-14-28(21)18-19-7-5-4-6-8-19/h4-8,11,14,20H,3,9-10,12-13,15-18H2,1-2H3,(H2,23,25,26). The van der Waals surface area contributed by atoms with E-state index in [0.29, 0.717) is 19.1 Å². The van der Waals surface area contributed by atoms with Crippen LogP contribution in [0.2, 0.25) is 0 Å². The maximum absolute atomic E-state index is 11.4. The van der Waals surface area contributed by atoms with E-state index in [2.05, 4.69) is 44.1 Å². The molecule has 0 amide bonds. The van der Waals surface area contributed by atoms with Gasteiger partial charge in [-0.15, -0.1) is 0 Å². The summed E-state index contributed by atoms with van der Waals surface area (Å²) in [5.41, 5.74) is 1.23. The zero-order chi connectivity index (χ0) is 22.1. The van der Waals surface area contributed by atoms with Crippen LogP contribution in [0, 0.1) is 0 Å². The molecule has 0 unspecified atom stereocenters. The van der Waals surface area contributed by atoms with Gasteiger partial charge in [-0.1, -0.05) is 30.3 Å². The van der Waals surface area contributed by atoms with Gasteiger partial charge >= 0.3 is 0 Å². The smallest absolute Gasteiger partial charge is 0.191 e. The number of nitrogens with one attached hydrogen (secondary N) is 2. The summed E-state index contributed by atoms with van der Waals surface area (Å²) in [6.45, 7) is 6.54. The minimum atomic E-state index is -2.91. The first-order valence-electron chi connectivity index (χ1n) is 10.9. The fourth-order valence-corrected chi connectivity index (χ4v) is 4.26. The molecule has 2 heterocycles. The van der Waals surface area contributed by atoms with Crippen molar-refractivity contribution in [2.45, 2.75) is 38.9 Å². The van der Waals surface area contributed by atoms with Gasteiger partial charge in [-0.05, 0) is 25.3 Å². The second kappa shape index (κ2) is 11.3. The summed E-state index contributed by atoms with van der Waals surface area (Å²) in [6, 6.07) is 10.7. The van der Waals surface area contributed by atoms with Gasteiger partial charge in [0.2, 0.25) is 0 Å². The normalized spacial score (nSPS) is 16.4. The Morgan fingerprint density at radius 3 is 2.65 bits per heavy atom. The second-order valence-corrected chi connectivity index (χ2v) is 10.3. The SMILES string of the molecule is CCNC(=NCc1nccn1Cc1ccccc1)NC1CCN(CCS(C)(=O)=O)CC1. The van der Waals surface area contributed by atoms with Crippen molar-refractivity contribution in [1.82, 2.24) is 25.1 Å². The highest BCUT2D eigenvalue weighted by molar-refractivity contribution is 7.90. The molecule has 0 aliphatic carbocycles. The Morgan fingerprint density at radius 2 is 1.97 bits per heavy atom. The van der Waals surface area contributed by atoms with E-state index in [0.717, 1.165) is 50.8 Å². The number of rotatable bonds is 9. The van der Waals surface area contributed by atoms with Crippen LogP contribution in [0.15, 0.2) is 47.7 Å². The van der Waals surface area contributed by atoms with Crippen molar-refractivity contribution >= 4 is 15.8 Å². The molecule has 170 valence electrons. The summed E-state index contributed by atoms with van der Waals surface area (Å²) in [5, 5.41) is 6.87. The number of nitrogens with zero attached hydrogens (tertiary/aromatic N) is 4. The Bertz CT molecular complexity index is 934. The van der Waals surface area contributed by atoms with E-state index in [9.17, 15) is 8.42 Å². The van der Waals surface area contributed by atoms with Gasteiger partial charge in [-0.2, -0.15) is 0 Å². The molecule has 0 atom stereocenters. The molecular weight excluding hydrogens is 412 g/mol. The molecule has 1 aromatic heterocycles. The van der Waals surface area contributed by atoms with Crippen molar-refractivity contribution in [1.29, 1.82) is 0 Å². The molecule has 0 saturated carbocycles. The number of hydrogen-bond donors (Lipinski definition) is 2. The Hall–Kier alpha value is -2.39. The number of sulfone groups is 1. The largest absolute Gasteiger partial charge is 0.357 e. The van der Waals surface area contributed by atoms with E-state index in [4.69, 9.17) is 4.99 Å². The number of benzene rings is 1. The number of piperidine rings is 1. The average Bonchev–Trinajstić information content (AvgIpc) is 3.19. The highest BCUT2D eigenvalue weighted by Crippen LogP contribution is 2.11. The van der Waals surface area contributed by atoms with Crippen molar-refractivity contribution in [2.75, 3.05) is 38.2 Å². The minimum Gasteiger partial charge on any atom is -0.357 e. The number of aromatic nitrogens is 2. The number of guanidine groups is 1. The molecule has 0 radical (unpaired) electrons. The van der Waals surface area contributed by atoms with Crippen LogP contribution < -0.4 is 10.6 Å². The summed E-state index contributed by atoms with van der Waals surface area (Å²) < 4.78 is 24.9. The van der Waals surface area contributed by atoms with Crippen LogP contribution in [0.25, 0.3) is 0 Å². The van der Waals surface area contributed by atoms with Crippen molar-refractivity contribution in [3.63, 3.8) is 0 Å². The molecule has 0 bridgehead atoms. The lowest BCUT2D eigenvalue weighted by atomic mass is 10.1. The maximum Gasteiger partial charge on any atom is 0.191 e. The molecule has 2 aromatic rings. The van der Waals surface area contributed by atoms with Crippen LogP contribution in [-0.4, -0.2) is 73.1 Å². The molecule has 1 aliphatic heterocycles. The zero-order valence-corrected chi connectivity index (χ0v) is 19.3. The number of likely N-dealkylation sites (tertiary alicyclic amines) is 1. The molecule has 3 rings (SSSR count). The van der Waals surface area contributed by atoms with E-state index in [1.54, 1.807) is 0 Å². The third kappa shape index (κ3) is 7.99. The highest BCUT2D eigenvalue weighted by Gasteiger charge is 2.20. The molecule has 1 aliphatic rings. The van der Waals surface area contributed by atoms with Gasteiger partial charge < -0.3 is 20.1 Å². The molecular formula is C22H34N6O2S. The number of aliphatic imine (C=N–C) groups is 1. The maximum atomic E-state index is 11.4. The van der Waals surface area contributed by atoms with Gasteiger partial charge in [0.15, 0.2) is 5.96 Å². The van der Waals surface area contributed by atoms with Crippen LogP contribution in [0.5, 0.6) is 0 Å². The lowest BCUT2D eigenvalue weighted by molar-refractivity contribution is 0.216. The lowest BCUT2D eigenvalue weighted by Crippen LogP contribution is -2.49. The summed E-state index contributed by atoms with van der Waals surface area (Å²) in [5.74, 6) is 1.95. The fraction of sp³-hybridized carbons (Fsp3) is 0.545. The summed E-state index contributed by atoms with van der Waals surface area (Å²) in [7, 11) is -2.91. The monoisotopic (exact) mass is 446 g/mol. The zero-order valence-electron chi connectivity index (χ0n) is 18.5. The van der Waals surface area contributed by atoms with E-state index in [1.807, 2.05) is 30.6 Å². The number of hydrogen-bond acceptors (Lipinski definition) is 5. The second-order valence-electron chi connectivity index (χ2n) is 8.04. The van der Waals surface area contributed by atoms with E-state index < -0.39 is 9.84 Å². The van der Waals surface area contributed by atoms with Crippen LogP contribution in [-0.2, 0) is 22.9 Å². The Kier molecular flexibility index (Phi) is 8.48. The van der Waals surface area contributed by atoms with Crippen molar-refractivity contribution in [3.8, 4) is 0 Å². The number of imidazole rings is 1. The quantitative estimate of drug-likeness (QED) is 0.448. The first-order chi connectivity index (χ1) is 14.9. The molecule has 9 heteroatoms. The van der Waals surface area contributed by atoms with Gasteiger partial charge in [0.25, 0.3) is 0 Å². The Labute approximate surface area is 185 Å². The fourth-order valence-electron chi connectivity index (χ4n) is 3.67. The third-order valence-electron chi connectivity index (χ3n) is 5.43. The van der Waals surface area contributed by atoms with E-state index in [-0.39, 0.29) is 5.75 Å². The van der Waals surface area contributed by atoms with Crippen molar-refractivity contribution in [3.05, 3.63) is 54.1 Å². The molecule has 1 saturated heterocycles. The van der Waals surface area contributed by atoms with Gasteiger partial charge in [0.1, 0.15) is 22.2 Å². The van der Waals surface area contributed by atoms with Gasteiger partial charge in [-0.25, -0.2) is 18.4 Å². The average molecular weight is 447 g/mol.